The highest BCUT2D eigenvalue weighted by Gasteiger charge is 2.39. The third-order valence-corrected chi connectivity index (χ3v) is 5.76. The number of carbonyl (C=O) groups excluding carboxylic acids is 1. The Hall–Kier alpha value is -2.60. The molecule has 1 unspecified atom stereocenters. The minimum atomic E-state index is -4.24. The lowest BCUT2D eigenvalue weighted by Crippen LogP contribution is -2.32. The van der Waals surface area contributed by atoms with E-state index in [2.05, 4.69) is 5.32 Å². The summed E-state index contributed by atoms with van der Waals surface area (Å²) in [6, 6.07) is 1.27. The van der Waals surface area contributed by atoms with Crippen LogP contribution in [-0.4, -0.2) is 56.4 Å². The number of hydrogen-bond donors (Lipinski definition) is 4. The summed E-state index contributed by atoms with van der Waals surface area (Å²) >= 11 is 0. The van der Waals surface area contributed by atoms with Crippen LogP contribution in [0.25, 0.3) is 0 Å². The molecule has 12 heteroatoms. The molecule has 1 saturated heterocycles. The number of nitrogens with one attached hydrogen (secondary N) is 2. The Morgan fingerprint density at radius 2 is 2.22 bits per heavy atom. The monoisotopic (exact) mass is 403 g/mol. The summed E-state index contributed by atoms with van der Waals surface area (Å²) in [5.74, 6) is -2.27. The second-order valence-electron chi connectivity index (χ2n) is 6.20. The number of fused-ring (bicyclic) bond motifs is 1. The minimum absolute atomic E-state index is 0.116. The highest BCUT2D eigenvalue weighted by molar-refractivity contribution is 7.92. The first-order chi connectivity index (χ1) is 12.7. The van der Waals surface area contributed by atoms with E-state index in [-0.39, 0.29) is 37.7 Å². The number of aromatic hydroxyl groups is 1. The largest absolute Gasteiger partial charge is 0.506 e. The van der Waals surface area contributed by atoms with Gasteiger partial charge in [-0.1, -0.05) is 0 Å². The molecule has 4 N–H and O–H groups in total. The van der Waals surface area contributed by atoms with Gasteiger partial charge in [-0.2, -0.15) is 8.42 Å². The Kier molecular flexibility index (Phi) is 5.11. The van der Waals surface area contributed by atoms with Gasteiger partial charge in [0.15, 0.2) is 5.82 Å². The van der Waals surface area contributed by atoms with Gasteiger partial charge < -0.3 is 20.3 Å². The molecular weight excluding hydrogens is 385 g/mol. The lowest BCUT2D eigenvalue weighted by molar-refractivity contribution is -0.117. The van der Waals surface area contributed by atoms with Crippen molar-refractivity contribution >= 4 is 27.9 Å². The number of benzene rings is 1. The first-order valence-electron chi connectivity index (χ1n) is 8.14. The molecule has 1 aliphatic heterocycles. The molecule has 27 heavy (non-hydrogen) atoms. The summed E-state index contributed by atoms with van der Waals surface area (Å²) in [5, 5.41) is 20.9. The number of ether oxygens (including phenoxy) is 1. The summed E-state index contributed by atoms with van der Waals surface area (Å²) in [6.07, 6.45) is -0.448. The number of anilines is 1. The molecule has 0 saturated carbocycles. The summed E-state index contributed by atoms with van der Waals surface area (Å²) in [6.45, 7) is -0.336. The van der Waals surface area contributed by atoms with Crippen LogP contribution in [0.2, 0.25) is 0 Å². The van der Waals surface area contributed by atoms with E-state index in [1.807, 2.05) is 0 Å². The van der Waals surface area contributed by atoms with Gasteiger partial charge in [-0.15, -0.1) is 0 Å². The standard InChI is InChI=1S/C15H18FN3O7S/c16-13-10-2-1-9(26-4-3-17-15(22)23)5-8(10)6-11(20)14(13)19-7-12(21)18-27(19,24)25/h6,9,17,20H,1-5,7H2,(H,18,21)(H,22,23). The Bertz CT molecular complexity index is 890. The van der Waals surface area contributed by atoms with Crippen LogP contribution in [0, 0.1) is 5.82 Å². The molecule has 0 spiro atoms. The molecule has 1 aromatic carbocycles. The SMILES string of the molecule is O=C(O)NCCOC1CCc2c(cc(O)c(N3CC(=O)NS3(=O)=O)c2F)C1. The predicted molar refractivity (Wildman–Crippen MR) is 90.3 cm³/mol. The number of carbonyl (C=O) groups is 2. The number of phenolic OH excluding ortho intramolecular Hbond substituents is 1. The molecule has 0 bridgehead atoms. The number of rotatable bonds is 5. The molecule has 1 aromatic rings. The van der Waals surface area contributed by atoms with Gasteiger partial charge in [0.05, 0.1) is 12.7 Å². The van der Waals surface area contributed by atoms with E-state index in [1.165, 1.54) is 6.07 Å². The molecule has 3 rings (SSSR count). The second kappa shape index (κ2) is 7.19. The van der Waals surface area contributed by atoms with Gasteiger partial charge in [0.1, 0.15) is 18.0 Å². The fourth-order valence-electron chi connectivity index (χ4n) is 3.23. The Labute approximate surface area is 154 Å². The van der Waals surface area contributed by atoms with Crippen LogP contribution in [0.1, 0.15) is 17.5 Å². The lowest BCUT2D eigenvalue weighted by Gasteiger charge is -2.27. The van der Waals surface area contributed by atoms with Crippen molar-refractivity contribution in [3.8, 4) is 5.75 Å². The molecule has 10 nitrogen and oxygen atoms in total. The molecule has 0 aromatic heterocycles. The maximum atomic E-state index is 14.9. The highest BCUT2D eigenvalue weighted by Crippen LogP contribution is 2.39. The van der Waals surface area contributed by atoms with E-state index >= 15 is 0 Å². The molecule has 1 heterocycles. The van der Waals surface area contributed by atoms with Crippen molar-refractivity contribution in [2.24, 2.45) is 0 Å². The molecular formula is C15H18FN3O7S. The van der Waals surface area contributed by atoms with Gasteiger partial charge in [-0.05, 0) is 36.5 Å². The molecule has 1 aliphatic carbocycles. The third-order valence-electron chi connectivity index (χ3n) is 4.38. The van der Waals surface area contributed by atoms with E-state index in [9.17, 15) is 27.5 Å². The van der Waals surface area contributed by atoms with Gasteiger partial charge in [0.25, 0.3) is 5.91 Å². The van der Waals surface area contributed by atoms with Gasteiger partial charge in [-0.25, -0.2) is 18.2 Å². The fraction of sp³-hybridized carbons (Fsp3) is 0.467. The van der Waals surface area contributed by atoms with E-state index in [0.717, 1.165) is 0 Å². The van der Waals surface area contributed by atoms with Gasteiger partial charge in [0.2, 0.25) is 0 Å². The van der Waals surface area contributed by atoms with Crippen LogP contribution < -0.4 is 14.3 Å². The van der Waals surface area contributed by atoms with Crippen molar-refractivity contribution in [3.05, 3.63) is 23.0 Å². The molecule has 148 valence electrons. The molecule has 0 radical (unpaired) electrons. The van der Waals surface area contributed by atoms with Crippen LogP contribution in [0.5, 0.6) is 5.75 Å². The average Bonchev–Trinajstić information content (AvgIpc) is 2.83. The van der Waals surface area contributed by atoms with Crippen LogP contribution >= 0.6 is 0 Å². The van der Waals surface area contributed by atoms with Crippen molar-refractivity contribution in [3.63, 3.8) is 0 Å². The van der Waals surface area contributed by atoms with Crippen molar-refractivity contribution in [2.45, 2.75) is 25.4 Å². The average molecular weight is 403 g/mol. The van der Waals surface area contributed by atoms with Gasteiger partial charge in [0, 0.05) is 6.54 Å². The summed E-state index contributed by atoms with van der Waals surface area (Å²) in [5.41, 5.74) is 0.199. The Balaban J connectivity index is 1.78. The number of halogens is 1. The van der Waals surface area contributed by atoms with Crippen LogP contribution in [0.4, 0.5) is 14.9 Å². The van der Waals surface area contributed by atoms with E-state index in [4.69, 9.17) is 9.84 Å². The fourth-order valence-corrected chi connectivity index (χ4v) is 4.39. The minimum Gasteiger partial charge on any atom is -0.506 e. The summed E-state index contributed by atoms with van der Waals surface area (Å²) in [4.78, 5) is 21.8. The van der Waals surface area contributed by atoms with E-state index in [0.29, 0.717) is 16.3 Å². The van der Waals surface area contributed by atoms with Gasteiger partial charge >= 0.3 is 16.3 Å². The molecule has 1 fully saturated rings. The summed E-state index contributed by atoms with van der Waals surface area (Å²) in [7, 11) is -4.24. The van der Waals surface area contributed by atoms with Crippen molar-refractivity contribution < 1.29 is 37.3 Å². The topological polar surface area (TPSA) is 145 Å². The van der Waals surface area contributed by atoms with E-state index in [1.54, 1.807) is 4.72 Å². The first kappa shape index (κ1) is 19.2. The lowest BCUT2D eigenvalue weighted by atomic mass is 9.88. The number of hydrogen-bond acceptors (Lipinski definition) is 6. The maximum Gasteiger partial charge on any atom is 0.404 e. The number of amides is 2. The normalized spacial score (nSPS) is 20.9. The zero-order valence-electron chi connectivity index (χ0n) is 14.1. The highest BCUT2D eigenvalue weighted by atomic mass is 32.2. The zero-order chi connectivity index (χ0) is 19.8. The van der Waals surface area contributed by atoms with Crippen LogP contribution in [-0.2, 0) is 32.6 Å². The maximum absolute atomic E-state index is 14.9. The Morgan fingerprint density at radius 3 is 2.85 bits per heavy atom. The number of carboxylic acid groups (broad SMARTS) is 1. The zero-order valence-corrected chi connectivity index (χ0v) is 14.9. The smallest absolute Gasteiger partial charge is 0.404 e. The molecule has 2 aliphatic rings. The van der Waals surface area contributed by atoms with Gasteiger partial charge in [-0.3, -0.25) is 4.79 Å². The number of phenols is 1. The third kappa shape index (κ3) is 3.90. The molecule has 2 amide bonds. The summed E-state index contributed by atoms with van der Waals surface area (Å²) < 4.78 is 46.6. The quantitative estimate of drug-likeness (QED) is 0.500. The Morgan fingerprint density at radius 1 is 1.48 bits per heavy atom. The van der Waals surface area contributed by atoms with Crippen LogP contribution in [0.15, 0.2) is 6.07 Å². The van der Waals surface area contributed by atoms with Crippen LogP contribution in [0.3, 0.4) is 0 Å². The second-order valence-corrected chi connectivity index (χ2v) is 7.80. The van der Waals surface area contributed by atoms with Crippen molar-refractivity contribution in [2.75, 3.05) is 24.0 Å². The number of nitrogens with zero attached hydrogens (tertiary/aromatic N) is 1. The van der Waals surface area contributed by atoms with E-state index < -0.39 is 46.0 Å². The van der Waals surface area contributed by atoms with Crippen molar-refractivity contribution in [1.82, 2.24) is 10.0 Å². The first-order valence-corrected chi connectivity index (χ1v) is 9.58. The predicted octanol–water partition coefficient (Wildman–Crippen LogP) is -0.146. The van der Waals surface area contributed by atoms with Crippen molar-refractivity contribution in [1.29, 1.82) is 0 Å². The molecule has 1 atom stereocenters.